The van der Waals surface area contributed by atoms with Gasteiger partial charge in [-0.15, -0.1) is 0 Å². The predicted octanol–water partition coefficient (Wildman–Crippen LogP) is 4.61. The molecule has 1 rings (SSSR count). The molecule has 0 bridgehead atoms. The first-order valence-corrected chi connectivity index (χ1v) is 6.90. The Kier molecular flexibility index (Phi) is 4.61. The third-order valence-electron chi connectivity index (χ3n) is 3.23. The molecule has 0 fully saturated rings. The standard InChI is InChI=1S/C17H29N/c1-13-8-9-14(2)15(10-13)11-18-17(6,7)12-16(3,4)5/h8-10,18H,11-12H2,1-7H3. The Labute approximate surface area is 113 Å². The van der Waals surface area contributed by atoms with Gasteiger partial charge < -0.3 is 5.32 Å². The molecule has 1 nitrogen and oxygen atoms in total. The van der Waals surface area contributed by atoms with Crippen molar-refractivity contribution in [3.8, 4) is 0 Å². The van der Waals surface area contributed by atoms with Crippen molar-refractivity contribution in [2.75, 3.05) is 0 Å². The summed E-state index contributed by atoms with van der Waals surface area (Å²) in [5.41, 5.74) is 4.66. The Hall–Kier alpha value is -0.820. The van der Waals surface area contributed by atoms with E-state index in [0.29, 0.717) is 5.41 Å². The highest BCUT2D eigenvalue weighted by molar-refractivity contribution is 5.30. The molecule has 0 radical (unpaired) electrons. The van der Waals surface area contributed by atoms with Crippen LogP contribution in [0.1, 0.15) is 57.7 Å². The van der Waals surface area contributed by atoms with Crippen LogP contribution in [0, 0.1) is 19.3 Å². The van der Waals surface area contributed by atoms with Gasteiger partial charge in [0.2, 0.25) is 0 Å². The molecule has 0 aliphatic heterocycles. The fraction of sp³-hybridized carbons (Fsp3) is 0.647. The summed E-state index contributed by atoms with van der Waals surface area (Å²) in [6, 6.07) is 6.68. The summed E-state index contributed by atoms with van der Waals surface area (Å²) >= 11 is 0. The van der Waals surface area contributed by atoms with E-state index < -0.39 is 0 Å². The van der Waals surface area contributed by atoms with E-state index in [1.54, 1.807) is 0 Å². The molecule has 0 aliphatic carbocycles. The van der Waals surface area contributed by atoms with E-state index in [-0.39, 0.29) is 5.54 Å². The van der Waals surface area contributed by atoms with Crippen LogP contribution in [0.5, 0.6) is 0 Å². The van der Waals surface area contributed by atoms with E-state index in [9.17, 15) is 0 Å². The molecule has 0 saturated heterocycles. The van der Waals surface area contributed by atoms with Crippen LogP contribution in [0.3, 0.4) is 0 Å². The molecule has 1 N–H and O–H groups in total. The minimum atomic E-state index is 0.175. The normalized spacial score (nSPS) is 12.8. The monoisotopic (exact) mass is 247 g/mol. The number of aryl methyl sites for hydroxylation is 2. The summed E-state index contributed by atoms with van der Waals surface area (Å²) < 4.78 is 0. The van der Waals surface area contributed by atoms with Crippen molar-refractivity contribution in [2.45, 2.75) is 67.0 Å². The smallest absolute Gasteiger partial charge is 0.0213 e. The van der Waals surface area contributed by atoms with Crippen molar-refractivity contribution in [1.29, 1.82) is 0 Å². The molecule has 0 aromatic heterocycles. The van der Waals surface area contributed by atoms with Crippen molar-refractivity contribution >= 4 is 0 Å². The lowest BCUT2D eigenvalue weighted by Gasteiger charge is -2.33. The highest BCUT2D eigenvalue weighted by Crippen LogP contribution is 2.27. The van der Waals surface area contributed by atoms with E-state index in [0.717, 1.165) is 6.54 Å². The topological polar surface area (TPSA) is 12.0 Å². The first-order chi connectivity index (χ1) is 8.09. The molecule has 0 atom stereocenters. The summed E-state index contributed by atoms with van der Waals surface area (Å²) in [7, 11) is 0. The predicted molar refractivity (Wildman–Crippen MR) is 80.9 cm³/mol. The maximum atomic E-state index is 3.70. The Morgan fingerprint density at radius 1 is 1.00 bits per heavy atom. The van der Waals surface area contributed by atoms with E-state index in [1.165, 1.54) is 23.1 Å². The quantitative estimate of drug-likeness (QED) is 0.819. The molecule has 1 aromatic rings. The number of nitrogens with one attached hydrogen (secondary N) is 1. The largest absolute Gasteiger partial charge is 0.308 e. The zero-order valence-corrected chi connectivity index (χ0v) is 13.1. The van der Waals surface area contributed by atoms with Gasteiger partial charge in [-0.2, -0.15) is 0 Å². The van der Waals surface area contributed by atoms with Crippen LogP contribution in [0.2, 0.25) is 0 Å². The summed E-state index contributed by atoms with van der Waals surface area (Å²) in [5, 5.41) is 3.70. The van der Waals surface area contributed by atoms with Gasteiger partial charge in [0, 0.05) is 12.1 Å². The summed E-state index contributed by atoms with van der Waals surface area (Å²) in [6.45, 7) is 16.8. The highest BCUT2D eigenvalue weighted by atomic mass is 15.0. The third kappa shape index (κ3) is 5.22. The Balaban J connectivity index is 2.67. The van der Waals surface area contributed by atoms with Crippen molar-refractivity contribution in [3.05, 3.63) is 34.9 Å². The molecule has 0 unspecified atom stereocenters. The number of benzene rings is 1. The maximum absolute atomic E-state index is 3.70. The van der Waals surface area contributed by atoms with Gasteiger partial charge in [-0.05, 0) is 50.7 Å². The van der Waals surface area contributed by atoms with Crippen molar-refractivity contribution < 1.29 is 0 Å². The molecule has 18 heavy (non-hydrogen) atoms. The maximum Gasteiger partial charge on any atom is 0.0213 e. The molecule has 1 heteroatoms. The van der Waals surface area contributed by atoms with Gasteiger partial charge in [-0.25, -0.2) is 0 Å². The third-order valence-corrected chi connectivity index (χ3v) is 3.23. The van der Waals surface area contributed by atoms with Gasteiger partial charge in [0.1, 0.15) is 0 Å². The van der Waals surface area contributed by atoms with Crippen LogP contribution in [-0.2, 0) is 6.54 Å². The van der Waals surface area contributed by atoms with Gasteiger partial charge in [0.05, 0.1) is 0 Å². The summed E-state index contributed by atoms with van der Waals surface area (Å²) in [5.74, 6) is 0. The Bertz CT molecular complexity index is 397. The van der Waals surface area contributed by atoms with Crippen molar-refractivity contribution in [2.24, 2.45) is 5.41 Å². The van der Waals surface area contributed by atoms with Gasteiger partial charge in [0.25, 0.3) is 0 Å². The minimum absolute atomic E-state index is 0.175. The van der Waals surface area contributed by atoms with Crippen LogP contribution in [0.15, 0.2) is 18.2 Å². The van der Waals surface area contributed by atoms with Crippen molar-refractivity contribution in [1.82, 2.24) is 5.32 Å². The van der Waals surface area contributed by atoms with Gasteiger partial charge in [0.15, 0.2) is 0 Å². The first-order valence-electron chi connectivity index (χ1n) is 6.90. The fourth-order valence-electron chi connectivity index (χ4n) is 2.71. The molecule has 0 aliphatic rings. The zero-order chi connectivity index (χ0) is 14.0. The van der Waals surface area contributed by atoms with E-state index >= 15 is 0 Å². The molecule has 0 spiro atoms. The Morgan fingerprint density at radius 2 is 1.61 bits per heavy atom. The van der Waals surface area contributed by atoms with Gasteiger partial charge >= 0.3 is 0 Å². The molecule has 0 amide bonds. The molecule has 0 heterocycles. The molecular formula is C17H29N. The van der Waals surface area contributed by atoms with Crippen LogP contribution >= 0.6 is 0 Å². The lowest BCUT2D eigenvalue weighted by atomic mass is 9.81. The number of hydrogen-bond acceptors (Lipinski definition) is 1. The number of hydrogen-bond donors (Lipinski definition) is 1. The molecule has 1 aromatic carbocycles. The SMILES string of the molecule is Cc1ccc(C)c(CNC(C)(C)CC(C)(C)C)c1. The molecule has 102 valence electrons. The molecular weight excluding hydrogens is 218 g/mol. The second-order valence-corrected chi connectivity index (χ2v) is 7.40. The lowest BCUT2D eigenvalue weighted by molar-refractivity contribution is 0.240. The average Bonchev–Trinajstić information content (AvgIpc) is 2.16. The van der Waals surface area contributed by atoms with Crippen LogP contribution < -0.4 is 5.32 Å². The van der Waals surface area contributed by atoms with Crippen LogP contribution in [-0.4, -0.2) is 5.54 Å². The zero-order valence-electron chi connectivity index (χ0n) is 13.1. The minimum Gasteiger partial charge on any atom is -0.308 e. The second kappa shape index (κ2) is 5.44. The highest BCUT2D eigenvalue weighted by Gasteiger charge is 2.24. The van der Waals surface area contributed by atoms with Crippen molar-refractivity contribution in [3.63, 3.8) is 0 Å². The van der Waals surface area contributed by atoms with E-state index in [4.69, 9.17) is 0 Å². The van der Waals surface area contributed by atoms with Crippen LogP contribution in [0.25, 0.3) is 0 Å². The fourth-order valence-corrected chi connectivity index (χ4v) is 2.71. The average molecular weight is 247 g/mol. The van der Waals surface area contributed by atoms with E-state index in [1.807, 2.05) is 0 Å². The van der Waals surface area contributed by atoms with E-state index in [2.05, 4.69) is 72.0 Å². The first kappa shape index (κ1) is 15.2. The van der Waals surface area contributed by atoms with Gasteiger partial charge in [-0.1, -0.05) is 44.5 Å². The number of rotatable bonds is 4. The molecule has 0 saturated carbocycles. The summed E-state index contributed by atoms with van der Waals surface area (Å²) in [4.78, 5) is 0. The van der Waals surface area contributed by atoms with Gasteiger partial charge in [-0.3, -0.25) is 0 Å². The van der Waals surface area contributed by atoms with Crippen LogP contribution in [0.4, 0.5) is 0 Å². The second-order valence-electron chi connectivity index (χ2n) is 7.40. The summed E-state index contributed by atoms with van der Waals surface area (Å²) in [6.07, 6.45) is 1.17. The lowest BCUT2D eigenvalue weighted by Crippen LogP contribution is -2.41. The Morgan fingerprint density at radius 3 is 2.17 bits per heavy atom.